The van der Waals surface area contributed by atoms with Gasteiger partial charge < -0.3 is 10.1 Å². The largest absolute Gasteiger partial charge is 0.379 e. The first-order valence-electron chi connectivity index (χ1n) is 11.1. The minimum atomic E-state index is -3.51. The van der Waals surface area contributed by atoms with Crippen molar-refractivity contribution in [2.75, 3.05) is 26.3 Å². The molecule has 1 saturated heterocycles. The highest BCUT2D eigenvalue weighted by Gasteiger charge is 2.26. The molecule has 0 bridgehead atoms. The van der Waals surface area contributed by atoms with Crippen LogP contribution < -0.4 is 5.32 Å². The van der Waals surface area contributed by atoms with Gasteiger partial charge in [-0.3, -0.25) is 9.48 Å². The number of aryl methyl sites for hydroxylation is 1. The lowest BCUT2D eigenvalue weighted by Crippen LogP contribution is -2.40. The van der Waals surface area contributed by atoms with Gasteiger partial charge in [0.2, 0.25) is 15.9 Å². The molecule has 0 unspecified atom stereocenters. The van der Waals surface area contributed by atoms with Gasteiger partial charge in [-0.15, -0.1) is 0 Å². The summed E-state index contributed by atoms with van der Waals surface area (Å²) in [5.41, 5.74) is 4.10. The van der Waals surface area contributed by atoms with Crippen molar-refractivity contribution in [2.24, 2.45) is 5.92 Å². The Labute approximate surface area is 191 Å². The van der Waals surface area contributed by atoms with Crippen LogP contribution in [0.1, 0.15) is 42.8 Å². The maximum Gasteiger partial charge on any atom is 0.243 e. The summed E-state index contributed by atoms with van der Waals surface area (Å²) in [7, 11) is -3.51. The van der Waals surface area contributed by atoms with Crippen LogP contribution in [0.2, 0.25) is 0 Å². The van der Waals surface area contributed by atoms with Crippen molar-refractivity contribution in [2.45, 2.75) is 58.5 Å². The van der Waals surface area contributed by atoms with Crippen molar-refractivity contribution in [3.63, 3.8) is 0 Å². The summed E-state index contributed by atoms with van der Waals surface area (Å²) in [6.45, 7) is 11.2. The highest BCUT2D eigenvalue weighted by Crippen LogP contribution is 2.18. The van der Waals surface area contributed by atoms with Crippen LogP contribution in [0.15, 0.2) is 29.2 Å². The fourth-order valence-corrected chi connectivity index (χ4v) is 5.27. The van der Waals surface area contributed by atoms with Gasteiger partial charge in [0.1, 0.15) is 0 Å². The van der Waals surface area contributed by atoms with E-state index in [9.17, 15) is 13.2 Å². The van der Waals surface area contributed by atoms with E-state index in [0.717, 1.165) is 29.1 Å². The van der Waals surface area contributed by atoms with E-state index in [1.54, 1.807) is 24.3 Å². The van der Waals surface area contributed by atoms with Crippen molar-refractivity contribution < 1.29 is 17.9 Å². The molecule has 8 nitrogen and oxygen atoms in total. The van der Waals surface area contributed by atoms with Crippen molar-refractivity contribution >= 4 is 15.9 Å². The highest BCUT2D eigenvalue weighted by atomic mass is 32.2. The molecule has 0 aliphatic carbocycles. The number of carbonyl (C=O) groups excluding carboxylic acids is 1. The lowest BCUT2D eigenvalue weighted by atomic mass is 10.1. The second-order valence-corrected chi connectivity index (χ2v) is 10.6. The molecule has 3 rings (SSSR count). The summed E-state index contributed by atoms with van der Waals surface area (Å²) in [5.74, 6) is 0.477. The molecule has 1 aromatic heterocycles. The van der Waals surface area contributed by atoms with Crippen LogP contribution in [-0.2, 0) is 39.1 Å². The van der Waals surface area contributed by atoms with E-state index < -0.39 is 10.0 Å². The third-order valence-corrected chi connectivity index (χ3v) is 7.61. The fraction of sp³-hybridized carbons (Fsp3) is 0.565. The number of ether oxygens (including phenoxy) is 1. The number of sulfonamides is 1. The topological polar surface area (TPSA) is 93.5 Å². The van der Waals surface area contributed by atoms with Crippen molar-refractivity contribution in [1.29, 1.82) is 0 Å². The van der Waals surface area contributed by atoms with E-state index in [4.69, 9.17) is 4.74 Å². The molecular weight excluding hydrogens is 428 g/mol. The minimum absolute atomic E-state index is 0.0366. The van der Waals surface area contributed by atoms with Crippen LogP contribution in [-0.4, -0.2) is 54.7 Å². The Balaban J connectivity index is 1.52. The summed E-state index contributed by atoms with van der Waals surface area (Å²) in [6, 6.07) is 6.69. The Morgan fingerprint density at radius 1 is 1.16 bits per heavy atom. The Bertz CT molecular complexity index is 1020. The number of hydrogen-bond donors (Lipinski definition) is 1. The predicted octanol–water partition coefficient (Wildman–Crippen LogP) is 2.43. The Morgan fingerprint density at radius 2 is 1.81 bits per heavy atom. The number of carbonyl (C=O) groups is 1. The maximum absolute atomic E-state index is 12.7. The number of rotatable bonds is 9. The molecule has 9 heteroatoms. The molecule has 0 atom stereocenters. The van der Waals surface area contributed by atoms with E-state index in [1.807, 2.05) is 11.6 Å². The first-order valence-corrected chi connectivity index (χ1v) is 12.6. The number of benzene rings is 1. The molecule has 176 valence electrons. The molecule has 1 fully saturated rings. The van der Waals surface area contributed by atoms with Crippen molar-refractivity contribution in [3.8, 4) is 0 Å². The Kier molecular flexibility index (Phi) is 8.08. The molecule has 1 aromatic carbocycles. The van der Waals surface area contributed by atoms with Gasteiger partial charge in [-0.1, -0.05) is 26.0 Å². The maximum atomic E-state index is 12.7. The Hall–Kier alpha value is -2.23. The van der Waals surface area contributed by atoms with Crippen LogP contribution in [0.4, 0.5) is 0 Å². The van der Waals surface area contributed by atoms with Gasteiger partial charge in [0, 0.05) is 38.3 Å². The molecule has 2 aromatic rings. The monoisotopic (exact) mass is 462 g/mol. The van der Waals surface area contributed by atoms with E-state index in [-0.39, 0.29) is 10.8 Å². The standard InChI is InChI=1S/C23H34N4O4S/c1-17(2)16-27-19(4)22(18(3)25-27)9-10-23(28)24-15-20-5-7-21(8-6-20)32(29,30)26-11-13-31-14-12-26/h5-8,17H,9-16H2,1-4H3,(H,24,28). The molecule has 1 aliphatic heterocycles. The van der Waals surface area contributed by atoms with Crippen LogP contribution >= 0.6 is 0 Å². The number of nitrogens with one attached hydrogen (secondary N) is 1. The van der Waals surface area contributed by atoms with Crippen LogP contribution in [0.5, 0.6) is 0 Å². The molecule has 0 saturated carbocycles. The third-order valence-electron chi connectivity index (χ3n) is 5.69. The number of nitrogens with zero attached hydrogens (tertiary/aromatic N) is 3. The van der Waals surface area contributed by atoms with Gasteiger partial charge >= 0.3 is 0 Å². The summed E-state index contributed by atoms with van der Waals surface area (Å²) in [6.07, 6.45) is 1.04. The van der Waals surface area contributed by atoms with Gasteiger partial charge in [-0.2, -0.15) is 9.40 Å². The summed E-state index contributed by atoms with van der Waals surface area (Å²) in [4.78, 5) is 12.6. The van der Waals surface area contributed by atoms with E-state index in [1.165, 1.54) is 4.31 Å². The first-order chi connectivity index (χ1) is 15.2. The van der Waals surface area contributed by atoms with Crippen molar-refractivity contribution in [3.05, 3.63) is 46.8 Å². The van der Waals surface area contributed by atoms with E-state index >= 15 is 0 Å². The zero-order chi connectivity index (χ0) is 23.3. The van der Waals surface area contributed by atoms with Crippen molar-refractivity contribution in [1.82, 2.24) is 19.4 Å². The fourth-order valence-electron chi connectivity index (χ4n) is 3.86. The van der Waals surface area contributed by atoms with Gasteiger partial charge in [-0.25, -0.2) is 8.42 Å². The first kappa shape index (κ1) is 24.4. The lowest BCUT2D eigenvalue weighted by molar-refractivity contribution is -0.121. The van der Waals surface area contributed by atoms with Crippen LogP contribution in [0, 0.1) is 19.8 Å². The zero-order valence-corrected chi connectivity index (χ0v) is 20.2. The number of morpholine rings is 1. The third kappa shape index (κ3) is 5.96. The SMILES string of the molecule is Cc1nn(CC(C)C)c(C)c1CCC(=O)NCc1ccc(S(=O)(=O)N2CCOCC2)cc1. The summed E-state index contributed by atoms with van der Waals surface area (Å²) >= 11 is 0. The molecule has 0 spiro atoms. The molecular formula is C23H34N4O4S. The summed E-state index contributed by atoms with van der Waals surface area (Å²) in [5, 5.41) is 7.54. The molecule has 1 aliphatic rings. The van der Waals surface area contributed by atoms with Gasteiger partial charge in [0.25, 0.3) is 0 Å². The van der Waals surface area contributed by atoms with Crippen LogP contribution in [0.3, 0.4) is 0 Å². The second-order valence-electron chi connectivity index (χ2n) is 8.66. The number of aromatic nitrogens is 2. The predicted molar refractivity (Wildman–Crippen MR) is 123 cm³/mol. The molecule has 1 amide bonds. The van der Waals surface area contributed by atoms with Gasteiger partial charge in [0.15, 0.2) is 0 Å². The quantitative estimate of drug-likeness (QED) is 0.618. The van der Waals surface area contributed by atoms with Crippen LogP contribution in [0.25, 0.3) is 0 Å². The average Bonchev–Trinajstić information content (AvgIpc) is 3.03. The smallest absolute Gasteiger partial charge is 0.243 e. The number of hydrogen-bond acceptors (Lipinski definition) is 5. The van der Waals surface area contributed by atoms with E-state index in [2.05, 4.69) is 31.2 Å². The molecule has 0 radical (unpaired) electrons. The second kappa shape index (κ2) is 10.6. The minimum Gasteiger partial charge on any atom is -0.379 e. The lowest BCUT2D eigenvalue weighted by Gasteiger charge is -2.26. The summed E-state index contributed by atoms with van der Waals surface area (Å²) < 4.78 is 34.1. The van der Waals surface area contributed by atoms with Gasteiger partial charge in [0.05, 0.1) is 23.8 Å². The van der Waals surface area contributed by atoms with E-state index in [0.29, 0.717) is 51.6 Å². The molecule has 1 N–H and O–H groups in total. The Morgan fingerprint density at radius 3 is 2.44 bits per heavy atom. The number of amides is 1. The highest BCUT2D eigenvalue weighted by molar-refractivity contribution is 7.89. The zero-order valence-electron chi connectivity index (χ0n) is 19.4. The average molecular weight is 463 g/mol. The van der Waals surface area contributed by atoms with Gasteiger partial charge in [-0.05, 0) is 49.4 Å². The normalized spacial score (nSPS) is 15.3. The molecule has 2 heterocycles. The molecule has 32 heavy (non-hydrogen) atoms.